The summed E-state index contributed by atoms with van der Waals surface area (Å²) in [6.45, 7) is 0. The van der Waals surface area contributed by atoms with Crippen LogP contribution in [0.2, 0.25) is 0 Å². The number of carbonyl (C=O) groups is 1. The second-order valence-electron chi connectivity index (χ2n) is 4.37. The lowest BCUT2D eigenvalue weighted by Crippen LogP contribution is -2.07. The first-order chi connectivity index (χ1) is 9.19. The Kier molecular flexibility index (Phi) is 4.18. The minimum absolute atomic E-state index is 0.208. The summed E-state index contributed by atoms with van der Waals surface area (Å²) in [7, 11) is 1.37. The van der Waals surface area contributed by atoms with Gasteiger partial charge in [0.2, 0.25) is 0 Å². The number of carbonyl (C=O) groups excluding carboxylic acids is 1. The van der Waals surface area contributed by atoms with E-state index in [0.717, 1.165) is 16.7 Å². The Morgan fingerprint density at radius 3 is 2.53 bits per heavy atom. The second-order valence-corrected chi connectivity index (χ2v) is 4.37. The molecule has 3 nitrogen and oxygen atoms in total. The lowest BCUT2D eigenvalue weighted by Gasteiger charge is -2.09. The van der Waals surface area contributed by atoms with Crippen molar-refractivity contribution in [3.8, 4) is 5.75 Å². The minimum atomic E-state index is -0.278. The van der Waals surface area contributed by atoms with Crippen LogP contribution in [0, 0.1) is 0 Å². The highest BCUT2D eigenvalue weighted by molar-refractivity contribution is 5.73. The van der Waals surface area contributed by atoms with Gasteiger partial charge in [-0.05, 0) is 35.2 Å². The van der Waals surface area contributed by atoms with E-state index in [1.807, 2.05) is 30.3 Å². The molecule has 0 aliphatic rings. The fourth-order valence-electron chi connectivity index (χ4n) is 1.99. The van der Waals surface area contributed by atoms with Gasteiger partial charge in [0, 0.05) is 0 Å². The number of esters is 1. The molecule has 0 heterocycles. The van der Waals surface area contributed by atoms with E-state index in [1.54, 1.807) is 18.2 Å². The van der Waals surface area contributed by atoms with Crippen LogP contribution in [-0.4, -0.2) is 18.2 Å². The molecule has 0 amide bonds. The van der Waals surface area contributed by atoms with Crippen LogP contribution in [0.3, 0.4) is 0 Å². The molecule has 19 heavy (non-hydrogen) atoms. The van der Waals surface area contributed by atoms with Gasteiger partial charge in [0.25, 0.3) is 0 Å². The Balaban J connectivity index is 2.27. The van der Waals surface area contributed by atoms with Crippen molar-refractivity contribution < 1.29 is 14.6 Å². The third kappa shape index (κ3) is 3.58. The average Bonchev–Trinajstić information content (AvgIpc) is 2.43. The van der Waals surface area contributed by atoms with Crippen LogP contribution in [0.15, 0.2) is 48.5 Å². The highest BCUT2D eigenvalue weighted by Crippen LogP contribution is 2.20. The van der Waals surface area contributed by atoms with E-state index >= 15 is 0 Å². The molecular formula is C16H16O3. The SMILES string of the molecule is COC(=O)Cc1ccc(O)cc1Cc1ccccc1. The molecule has 1 N–H and O–H groups in total. The van der Waals surface area contributed by atoms with Crippen LogP contribution < -0.4 is 0 Å². The fourth-order valence-corrected chi connectivity index (χ4v) is 1.99. The number of aromatic hydroxyl groups is 1. The first kappa shape index (κ1) is 13.1. The summed E-state index contributed by atoms with van der Waals surface area (Å²) in [5.41, 5.74) is 2.96. The van der Waals surface area contributed by atoms with Gasteiger partial charge in [-0.25, -0.2) is 0 Å². The third-order valence-electron chi connectivity index (χ3n) is 2.99. The average molecular weight is 256 g/mol. The molecule has 0 saturated carbocycles. The highest BCUT2D eigenvalue weighted by Gasteiger charge is 2.09. The molecule has 0 bridgehead atoms. The molecule has 98 valence electrons. The van der Waals surface area contributed by atoms with Gasteiger partial charge in [0.1, 0.15) is 5.75 Å². The maximum absolute atomic E-state index is 11.4. The molecule has 0 fully saturated rings. The van der Waals surface area contributed by atoms with Crippen LogP contribution >= 0.6 is 0 Å². The Labute approximate surface area is 112 Å². The van der Waals surface area contributed by atoms with E-state index in [1.165, 1.54) is 7.11 Å². The molecule has 0 spiro atoms. The maximum atomic E-state index is 11.4. The zero-order chi connectivity index (χ0) is 13.7. The quantitative estimate of drug-likeness (QED) is 0.855. The Morgan fingerprint density at radius 1 is 1.11 bits per heavy atom. The first-order valence-corrected chi connectivity index (χ1v) is 6.10. The van der Waals surface area contributed by atoms with Crippen molar-refractivity contribution in [2.75, 3.05) is 7.11 Å². The first-order valence-electron chi connectivity index (χ1n) is 6.10. The van der Waals surface area contributed by atoms with E-state index in [4.69, 9.17) is 0 Å². The molecule has 2 rings (SSSR count). The molecule has 0 aliphatic carbocycles. The minimum Gasteiger partial charge on any atom is -0.508 e. The van der Waals surface area contributed by atoms with Gasteiger partial charge in [-0.15, -0.1) is 0 Å². The monoisotopic (exact) mass is 256 g/mol. The van der Waals surface area contributed by atoms with Crippen molar-refractivity contribution in [3.63, 3.8) is 0 Å². The predicted molar refractivity (Wildman–Crippen MR) is 73.1 cm³/mol. The molecule has 3 heteroatoms. The Bertz CT molecular complexity index is 561. The number of ether oxygens (including phenoxy) is 1. The van der Waals surface area contributed by atoms with Gasteiger partial charge in [-0.1, -0.05) is 36.4 Å². The predicted octanol–water partition coefficient (Wildman–Crippen LogP) is 2.70. The summed E-state index contributed by atoms with van der Waals surface area (Å²) >= 11 is 0. The summed E-state index contributed by atoms with van der Waals surface area (Å²) in [5, 5.41) is 9.59. The van der Waals surface area contributed by atoms with Crippen molar-refractivity contribution in [3.05, 3.63) is 65.2 Å². The van der Waals surface area contributed by atoms with Crippen LogP contribution in [0.1, 0.15) is 16.7 Å². The zero-order valence-corrected chi connectivity index (χ0v) is 10.8. The van der Waals surface area contributed by atoms with Crippen molar-refractivity contribution in [1.82, 2.24) is 0 Å². The number of benzene rings is 2. The molecular weight excluding hydrogens is 240 g/mol. The molecule has 0 saturated heterocycles. The van der Waals surface area contributed by atoms with Crippen LogP contribution in [0.5, 0.6) is 5.75 Å². The van der Waals surface area contributed by atoms with E-state index in [9.17, 15) is 9.90 Å². The summed E-state index contributed by atoms with van der Waals surface area (Å²) in [6, 6.07) is 15.0. The van der Waals surface area contributed by atoms with Crippen LogP contribution in [0.25, 0.3) is 0 Å². The van der Waals surface area contributed by atoms with Gasteiger partial charge < -0.3 is 9.84 Å². The van der Waals surface area contributed by atoms with E-state index in [2.05, 4.69) is 4.74 Å². The fraction of sp³-hybridized carbons (Fsp3) is 0.188. The second kappa shape index (κ2) is 6.05. The maximum Gasteiger partial charge on any atom is 0.309 e. The van der Waals surface area contributed by atoms with E-state index in [0.29, 0.717) is 6.42 Å². The number of phenolic OH excluding ortho intramolecular Hbond substituents is 1. The van der Waals surface area contributed by atoms with E-state index in [-0.39, 0.29) is 18.1 Å². The lowest BCUT2D eigenvalue weighted by molar-refractivity contribution is -0.139. The molecule has 0 unspecified atom stereocenters. The standard InChI is InChI=1S/C16H16O3/c1-19-16(18)11-13-7-8-15(17)10-14(13)9-12-5-3-2-4-6-12/h2-8,10,17H,9,11H2,1H3. The molecule has 0 aliphatic heterocycles. The molecule has 2 aromatic rings. The summed E-state index contributed by atoms with van der Waals surface area (Å²) < 4.78 is 4.69. The van der Waals surface area contributed by atoms with Crippen LogP contribution in [-0.2, 0) is 22.4 Å². The molecule has 0 aromatic heterocycles. The third-order valence-corrected chi connectivity index (χ3v) is 2.99. The van der Waals surface area contributed by atoms with Gasteiger partial charge in [0.05, 0.1) is 13.5 Å². The van der Waals surface area contributed by atoms with Crippen molar-refractivity contribution >= 4 is 5.97 Å². The number of rotatable bonds is 4. The number of hydrogen-bond donors (Lipinski definition) is 1. The van der Waals surface area contributed by atoms with Gasteiger partial charge in [-0.2, -0.15) is 0 Å². The Hall–Kier alpha value is -2.29. The molecule has 2 aromatic carbocycles. The van der Waals surface area contributed by atoms with Gasteiger partial charge in [-0.3, -0.25) is 4.79 Å². The van der Waals surface area contributed by atoms with Gasteiger partial charge >= 0.3 is 5.97 Å². The number of phenols is 1. The largest absolute Gasteiger partial charge is 0.508 e. The summed E-state index contributed by atoms with van der Waals surface area (Å²) in [6.07, 6.45) is 0.903. The van der Waals surface area contributed by atoms with Crippen molar-refractivity contribution in [1.29, 1.82) is 0 Å². The number of methoxy groups -OCH3 is 1. The highest BCUT2D eigenvalue weighted by atomic mass is 16.5. The normalized spacial score (nSPS) is 10.2. The lowest BCUT2D eigenvalue weighted by atomic mass is 9.97. The van der Waals surface area contributed by atoms with Crippen molar-refractivity contribution in [2.45, 2.75) is 12.8 Å². The summed E-state index contributed by atoms with van der Waals surface area (Å²) in [4.78, 5) is 11.4. The van der Waals surface area contributed by atoms with Gasteiger partial charge in [0.15, 0.2) is 0 Å². The smallest absolute Gasteiger partial charge is 0.309 e. The molecule has 0 radical (unpaired) electrons. The Morgan fingerprint density at radius 2 is 1.84 bits per heavy atom. The number of hydrogen-bond acceptors (Lipinski definition) is 3. The topological polar surface area (TPSA) is 46.5 Å². The molecule has 0 atom stereocenters. The summed E-state index contributed by atoms with van der Waals surface area (Å²) in [5.74, 6) is -0.0699. The van der Waals surface area contributed by atoms with Crippen LogP contribution in [0.4, 0.5) is 0 Å². The van der Waals surface area contributed by atoms with E-state index < -0.39 is 0 Å². The van der Waals surface area contributed by atoms with Crippen molar-refractivity contribution in [2.24, 2.45) is 0 Å². The zero-order valence-electron chi connectivity index (χ0n) is 10.8.